The third-order valence-corrected chi connectivity index (χ3v) is 4.47. The molecule has 0 bridgehead atoms. The highest BCUT2D eigenvalue weighted by atomic mass is 32.2. The number of halogens is 1. The van der Waals surface area contributed by atoms with E-state index in [1.54, 1.807) is 6.07 Å². The minimum Gasteiger partial charge on any atom is -0.313 e. The molecule has 0 aliphatic heterocycles. The SMILES string of the molecule is CNC(C)c1cccc(F)c1Sc1nnc2ccccn12. The third-order valence-electron chi connectivity index (χ3n) is 3.37. The van der Waals surface area contributed by atoms with Crippen LogP contribution < -0.4 is 5.32 Å². The highest BCUT2D eigenvalue weighted by Gasteiger charge is 2.17. The molecule has 0 saturated carbocycles. The first-order chi connectivity index (χ1) is 10.2. The molecular formula is C15H15FN4S. The van der Waals surface area contributed by atoms with Crippen LogP contribution in [0.25, 0.3) is 5.65 Å². The van der Waals surface area contributed by atoms with Crippen LogP contribution in [0.3, 0.4) is 0 Å². The van der Waals surface area contributed by atoms with E-state index in [0.717, 1.165) is 11.2 Å². The van der Waals surface area contributed by atoms with Crippen molar-refractivity contribution in [2.75, 3.05) is 7.05 Å². The summed E-state index contributed by atoms with van der Waals surface area (Å²) in [7, 11) is 1.86. The van der Waals surface area contributed by atoms with Gasteiger partial charge < -0.3 is 5.32 Å². The summed E-state index contributed by atoms with van der Waals surface area (Å²) in [4.78, 5) is 0.581. The number of hydrogen-bond acceptors (Lipinski definition) is 4. The number of nitrogens with zero attached hydrogens (tertiary/aromatic N) is 3. The van der Waals surface area contributed by atoms with Gasteiger partial charge in [-0.3, -0.25) is 4.40 Å². The second kappa shape index (κ2) is 5.83. The number of nitrogens with one attached hydrogen (secondary N) is 1. The lowest BCUT2D eigenvalue weighted by Gasteiger charge is -2.15. The average molecular weight is 302 g/mol. The van der Waals surface area contributed by atoms with Crippen LogP contribution in [0.15, 0.2) is 52.6 Å². The number of pyridine rings is 1. The first-order valence-corrected chi connectivity index (χ1v) is 7.45. The minimum absolute atomic E-state index is 0.0578. The van der Waals surface area contributed by atoms with Crippen LogP contribution in [-0.4, -0.2) is 21.6 Å². The van der Waals surface area contributed by atoms with Crippen LogP contribution in [0.5, 0.6) is 0 Å². The monoisotopic (exact) mass is 302 g/mol. The van der Waals surface area contributed by atoms with Crippen molar-refractivity contribution in [1.82, 2.24) is 19.9 Å². The maximum absolute atomic E-state index is 14.2. The van der Waals surface area contributed by atoms with Gasteiger partial charge in [0.2, 0.25) is 5.16 Å². The molecule has 2 heterocycles. The number of hydrogen-bond donors (Lipinski definition) is 1. The molecule has 21 heavy (non-hydrogen) atoms. The van der Waals surface area contributed by atoms with Crippen molar-refractivity contribution in [2.24, 2.45) is 0 Å². The van der Waals surface area contributed by atoms with Gasteiger partial charge in [0.25, 0.3) is 0 Å². The van der Waals surface area contributed by atoms with Gasteiger partial charge >= 0.3 is 0 Å². The lowest BCUT2D eigenvalue weighted by atomic mass is 10.1. The van der Waals surface area contributed by atoms with E-state index in [9.17, 15) is 4.39 Å². The van der Waals surface area contributed by atoms with Crippen LogP contribution >= 0.6 is 11.8 Å². The fourth-order valence-electron chi connectivity index (χ4n) is 2.11. The predicted octanol–water partition coefficient (Wildman–Crippen LogP) is 3.30. The molecular weight excluding hydrogens is 287 g/mol. The first-order valence-electron chi connectivity index (χ1n) is 6.64. The van der Waals surface area contributed by atoms with Gasteiger partial charge in [-0.2, -0.15) is 0 Å². The number of benzene rings is 1. The Kier molecular flexibility index (Phi) is 3.90. The van der Waals surface area contributed by atoms with Gasteiger partial charge in [0, 0.05) is 12.2 Å². The van der Waals surface area contributed by atoms with Gasteiger partial charge in [-0.1, -0.05) is 18.2 Å². The number of rotatable bonds is 4. The Morgan fingerprint density at radius 2 is 2.05 bits per heavy atom. The third kappa shape index (κ3) is 2.64. The highest BCUT2D eigenvalue weighted by molar-refractivity contribution is 7.99. The summed E-state index contributed by atoms with van der Waals surface area (Å²) in [6, 6.07) is 10.9. The van der Waals surface area contributed by atoms with E-state index in [1.165, 1.54) is 17.8 Å². The largest absolute Gasteiger partial charge is 0.313 e. The predicted molar refractivity (Wildman–Crippen MR) is 81.0 cm³/mol. The van der Waals surface area contributed by atoms with E-state index < -0.39 is 0 Å². The summed E-state index contributed by atoms with van der Waals surface area (Å²) in [5.41, 5.74) is 1.66. The molecule has 0 amide bonds. The van der Waals surface area contributed by atoms with Crippen molar-refractivity contribution in [2.45, 2.75) is 23.0 Å². The van der Waals surface area contributed by atoms with Crippen molar-refractivity contribution in [3.8, 4) is 0 Å². The molecule has 0 saturated heterocycles. The van der Waals surface area contributed by atoms with Gasteiger partial charge in [-0.05, 0) is 49.5 Å². The molecule has 3 rings (SSSR count). The standard InChI is InChI=1S/C15H15FN4S/c1-10(17-2)11-6-5-7-12(16)14(11)21-15-19-18-13-8-3-4-9-20(13)15/h3-10,17H,1-2H3. The summed E-state index contributed by atoms with van der Waals surface area (Å²) in [5.74, 6) is -0.243. The van der Waals surface area contributed by atoms with E-state index in [1.807, 2.05) is 48.8 Å². The van der Waals surface area contributed by atoms with Crippen molar-refractivity contribution < 1.29 is 4.39 Å². The summed E-state index contributed by atoms with van der Waals surface area (Å²) in [5, 5.41) is 12.0. The Balaban J connectivity index is 2.05. The Morgan fingerprint density at radius 3 is 2.86 bits per heavy atom. The van der Waals surface area contributed by atoms with Gasteiger partial charge in [-0.25, -0.2) is 4.39 Å². The van der Waals surface area contributed by atoms with Crippen molar-refractivity contribution in [3.05, 3.63) is 54.0 Å². The van der Waals surface area contributed by atoms with Crippen molar-refractivity contribution >= 4 is 17.4 Å². The number of aromatic nitrogens is 3. The molecule has 0 aliphatic rings. The highest BCUT2D eigenvalue weighted by Crippen LogP contribution is 2.34. The van der Waals surface area contributed by atoms with E-state index in [4.69, 9.17) is 0 Å². The van der Waals surface area contributed by atoms with E-state index in [-0.39, 0.29) is 11.9 Å². The lowest BCUT2D eigenvalue weighted by Crippen LogP contribution is -2.13. The van der Waals surface area contributed by atoms with E-state index in [2.05, 4.69) is 15.5 Å². The zero-order valence-corrected chi connectivity index (χ0v) is 12.6. The molecule has 4 nitrogen and oxygen atoms in total. The first kappa shape index (κ1) is 14.0. The van der Waals surface area contributed by atoms with Crippen LogP contribution in [0.4, 0.5) is 4.39 Å². The summed E-state index contributed by atoms with van der Waals surface area (Å²) >= 11 is 1.30. The van der Waals surface area contributed by atoms with Crippen LogP contribution in [0.1, 0.15) is 18.5 Å². The summed E-state index contributed by atoms with van der Waals surface area (Å²) in [6.45, 7) is 2.00. The normalized spacial score (nSPS) is 12.7. The molecule has 0 radical (unpaired) electrons. The summed E-state index contributed by atoms with van der Waals surface area (Å²) < 4.78 is 16.1. The maximum atomic E-state index is 14.2. The molecule has 1 atom stereocenters. The topological polar surface area (TPSA) is 42.2 Å². The van der Waals surface area contributed by atoms with Gasteiger partial charge in [0.15, 0.2) is 5.65 Å². The fourth-order valence-corrected chi connectivity index (χ4v) is 3.16. The quantitative estimate of drug-likeness (QED) is 0.803. The molecule has 108 valence electrons. The molecule has 0 spiro atoms. The zero-order valence-electron chi connectivity index (χ0n) is 11.7. The molecule has 1 aromatic carbocycles. The molecule has 0 aliphatic carbocycles. The Morgan fingerprint density at radius 1 is 1.19 bits per heavy atom. The fraction of sp³-hybridized carbons (Fsp3) is 0.200. The number of fused-ring (bicyclic) bond motifs is 1. The maximum Gasteiger partial charge on any atom is 0.200 e. The molecule has 1 unspecified atom stereocenters. The average Bonchev–Trinajstić information content (AvgIpc) is 2.92. The zero-order chi connectivity index (χ0) is 14.8. The van der Waals surface area contributed by atoms with Crippen molar-refractivity contribution in [1.29, 1.82) is 0 Å². The summed E-state index contributed by atoms with van der Waals surface area (Å²) in [6.07, 6.45) is 1.87. The second-order valence-electron chi connectivity index (χ2n) is 4.68. The minimum atomic E-state index is -0.243. The smallest absolute Gasteiger partial charge is 0.200 e. The second-order valence-corrected chi connectivity index (χ2v) is 5.66. The molecule has 2 aromatic heterocycles. The van der Waals surface area contributed by atoms with Gasteiger partial charge in [-0.15, -0.1) is 10.2 Å². The Hall–Kier alpha value is -1.92. The Labute approximate surface area is 126 Å². The van der Waals surface area contributed by atoms with E-state index >= 15 is 0 Å². The van der Waals surface area contributed by atoms with Crippen LogP contribution in [-0.2, 0) is 0 Å². The van der Waals surface area contributed by atoms with Crippen LogP contribution in [0, 0.1) is 5.82 Å². The van der Waals surface area contributed by atoms with E-state index in [0.29, 0.717) is 10.1 Å². The molecule has 0 fully saturated rings. The van der Waals surface area contributed by atoms with Gasteiger partial charge in [0.05, 0.1) is 4.90 Å². The van der Waals surface area contributed by atoms with Gasteiger partial charge in [0.1, 0.15) is 5.82 Å². The molecule has 1 N–H and O–H groups in total. The Bertz CT molecular complexity index is 771. The molecule has 6 heteroatoms. The lowest BCUT2D eigenvalue weighted by molar-refractivity contribution is 0.575. The van der Waals surface area contributed by atoms with Crippen molar-refractivity contribution in [3.63, 3.8) is 0 Å². The molecule has 3 aromatic rings. The van der Waals surface area contributed by atoms with Crippen LogP contribution in [0.2, 0.25) is 0 Å².